The molecule has 0 aromatic heterocycles. The lowest BCUT2D eigenvalue weighted by atomic mass is 9.98. The van der Waals surface area contributed by atoms with Gasteiger partial charge in [0.25, 0.3) is 0 Å². The first kappa shape index (κ1) is 26.3. The van der Waals surface area contributed by atoms with Crippen LogP contribution in [0, 0.1) is 0 Å². The second-order valence-corrected chi connectivity index (χ2v) is 9.19. The van der Waals surface area contributed by atoms with Crippen LogP contribution in [0.5, 0.6) is 0 Å². The van der Waals surface area contributed by atoms with Crippen LogP contribution >= 0.6 is 0 Å². The van der Waals surface area contributed by atoms with Crippen LogP contribution in [0.15, 0.2) is 48.5 Å². The Hall–Kier alpha value is -3.35. The average Bonchev–Trinajstić information content (AvgIpc) is 3.17. The highest BCUT2D eigenvalue weighted by molar-refractivity contribution is 5.82. The molecule has 0 radical (unpaired) electrons. The van der Waals surface area contributed by atoms with Gasteiger partial charge in [0.15, 0.2) is 0 Å². The van der Waals surface area contributed by atoms with Gasteiger partial charge < -0.3 is 20.1 Å². The Kier molecular flexibility index (Phi) is 9.29. The zero-order valence-electron chi connectivity index (χ0n) is 20.8. The molecular formula is C28H36N2O5. The van der Waals surface area contributed by atoms with Crippen molar-refractivity contribution < 1.29 is 24.2 Å². The first-order valence-electron chi connectivity index (χ1n) is 12.5. The smallest absolute Gasteiger partial charge is 0.407 e. The summed E-state index contributed by atoms with van der Waals surface area (Å²) in [4.78, 5) is 38.4. The number of unbranched alkanes of at least 4 members (excludes halogenated alkanes) is 1. The highest BCUT2D eigenvalue weighted by atomic mass is 16.5. The highest BCUT2D eigenvalue weighted by Crippen LogP contribution is 2.44. The third kappa shape index (κ3) is 6.62. The third-order valence-electron chi connectivity index (χ3n) is 6.74. The molecule has 0 aliphatic heterocycles. The molecule has 3 rings (SSSR count). The molecule has 7 nitrogen and oxygen atoms in total. The van der Waals surface area contributed by atoms with Crippen LogP contribution < -0.4 is 5.32 Å². The number of amides is 2. The number of ether oxygens (including phenoxy) is 1. The average molecular weight is 481 g/mol. The molecule has 1 aliphatic rings. The Morgan fingerprint density at radius 1 is 1.03 bits per heavy atom. The number of carbonyl (C=O) groups excluding carboxylic acids is 2. The molecule has 2 atom stereocenters. The summed E-state index contributed by atoms with van der Waals surface area (Å²) in [5.41, 5.74) is 4.59. The first-order valence-corrected chi connectivity index (χ1v) is 12.5. The molecule has 2 N–H and O–H groups in total. The van der Waals surface area contributed by atoms with E-state index in [1.165, 1.54) is 4.90 Å². The van der Waals surface area contributed by atoms with E-state index in [1.807, 2.05) is 45.0 Å². The number of hydrogen-bond acceptors (Lipinski definition) is 4. The van der Waals surface area contributed by atoms with Gasteiger partial charge in [-0.15, -0.1) is 0 Å². The minimum atomic E-state index is -1.05. The molecule has 2 amide bonds. The van der Waals surface area contributed by atoms with Gasteiger partial charge in [-0.2, -0.15) is 0 Å². The second kappa shape index (κ2) is 12.4. The number of benzene rings is 2. The molecule has 2 aromatic rings. The van der Waals surface area contributed by atoms with Crippen molar-refractivity contribution in [2.45, 2.75) is 70.9 Å². The zero-order chi connectivity index (χ0) is 25.4. The first-order chi connectivity index (χ1) is 16.8. The molecule has 0 heterocycles. The summed E-state index contributed by atoms with van der Waals surface area (Å²) in [5, 5.41) is 12.1. The topological polar surface area (TPSA) is 95.9 Å². The molecule has 0 saturated carbocycles. The highest BCUT2D eigenvalue weighted by Gasteiger charge is 2.30. The molecule has 7 heteroatoms. The van der Waals surface area contributed by atoms with Crippen LogP contribution in [0.4, 0.5) is 4.79 Å². The SMILES string of the molecule is CCCC[C@@H](CC(=O)N(CC(=O)O)C(C)CC)NC(=O)OCC1c2ccccc2-c2ccccc21. The van der Waals surface area contributed by atoms with Gasteiger partial charge in [0.1, 0.15) is 13.2 Å². The molecule has 188 valence electrons. The van der Waals surface area contributed by atoms with E-state index < -0.39 is 18.1 Å². The number of fused-ring (bicyclic) bond motifs is 3. The van der Waals surface area contributed by atoms with Crippen LogP contribution in [0.1, 0.15) is 69.9 Å². The number of nitrogens with one attached hydrogen (secondary N) is 1. The Labute approximate surface area is 207 Å². The lowest BCUT2D eigenvalue weighted by Crippen LogP contribution is -2.46. The molecule has 0 bridgehead atoms. The predicted octanol–water partition coefficient (Wildman–Crippen LogP) is 5.19. The molecular weight excluding hydrogens is 444 g/mol. The molecule has 35 heavy (non-hydrogen) atoms. The van der Waals surface area contributed by atoms with Crippen molar-refractivity contribution in [2.75, 3.05) is 13.2 Å². The number of aliphatic carboxylic acids is 1. The fourth-order valence-electron chi connectivity index (χ4n) is 4.67. The summed E-state index contributed by atoms with van der Waals surface area (Å²) in [6.45, 7) is 5.64. The second-order valence-electron chi connectivity index (χ2n) is 9.19. The predicted molar refractivity (Wildman–Crippen MR) is 135 cm³/mol. The maximum absolute atomic E-state index is 12.9. The zero-order valence-corrected chi connectivity index (χ0v) is 20.8. The van der Waals surface area contributed by atoms with Crippen LogP contribution in [-0.2, 0) is 14.3 Å². The molecule has 0 saturated heterocycles. The van der Waals surface area contributed by atoms with Crippen molar-refractivity contribution in [1.29, 1.82) is 0 Å². The fourth-order valence-corrected chi connectivity index (χ4v) is 4.67. The number of rotatable bonds is 12. The van der Waals surface area contributed by atoms with E-state index in [4.69, 9.17) is 4.74 Å². The summed E-state index contributed by atoms with van der Waals surface area (Å²) in [7, 11) is 0. The van der Waals surface area contributed by atoms with Crippen LogP contribution in [0.25, 0.3) is 11.1 Å². The number of carboxylic acid groups (broad SMARTS) is 1. The van der Waals surface area contributed by atoms with Crippen molar-refractivity contribution in [3.05, 3.63) is 59.7 Å². The lowest BCUT2D eigenvalue weighted by molar-refractivity contribution is -0.146. The van der Waals surface area contributed by atoms with Crippen molar-refractivity contribution >= 4 is 18.0 Å². The van der Waals surface area contributed by atoms with E-state index in [0.29, 0.717) is 12.8 Å². The summed E-state index contributed by atoms with van der Waals surface area (Å²) in [6.07, 6.45) is 2.51. The Morgan fingerprint density at radius 2 is 1.63 bits per heavy atom. The van der Waals surface area contributed by atoms with Gasteiger partial charge in [0.2, 0.25) is 5.91 Å². The van der Waals surface area contributed by atoms with Gasteiger partial charge >= 0.3 is 12.1 Å². The van der Waals surface area contributed by atoms with E-state index in [9.17, 15) is 19.5 Å². The normalized spacial score (nSPS) is 13.9. The van der Waals surface area contributed by atoms with E-state index in [0.717, 1.165) is 35.1 Å². The van der Waals surface area contributed by atoms with E-state index in [2.05, 4.69) is 29.6 Å². The van der Waals surface area contributed by atoms with Gasteiger partial charge in [-0.3, -0.25) is 9.59 Å². The number of alkyl carbamates (subject to hydrolysis) is 1. The molecule has 2 aromatic carbocycles. The van der Waals surface area contributed by atoms with Gasteiger partial charge in [0, 0.05) is 24.4 Å². The fraction of sp³-hybridized carbons (Fsp3) is 0.464. The molecule has 1 aliphatic carbocycles. The van der Waals surface area contributed by atoms with Crippen molar-refractivity contribution in [1.82, 2.24) is 10.2 Å². The number of carbonyl (C=O) groups is 3. The van der Waals surface area contributed by atoms with E-state index in [1.54, 1.807) is 0 Å². The number of carboxylic acids is 1. The Morgan fingerprint density at radius 3 is 2.17 bits per heavy atom. The van der Waals surface area contributed by atoms with Crippen LogP contribution in [-0.4, -0.2) is 53.2 Å². The molecule has 0 fully saturated rings. The van der Waals surface area contributed by atoms with Crippen molar-refractivity contribution in [3.8, 4) is 11.1 Å². The van der Waals surface area contributed by atoms with Gasteiger partial charge in [-0.25, -0.2) is 4.79 Å². The largest absolute Gasteiger partial charge is 0.480 e. The standard InChI is InChI=1S/C28H36N2O5/c1-4-6-11-20(16-26(31)30(17-27(32)33)19(3)5-2)29-28(34)35-18-25-23-14-9-7-12-21(23)22-13-8-10-15-24(22)25/h7-10,12-15,19-20,25H,4-6,11,16-18H2,1-3H3,(H,29,34)(H,32,33)/t19?,20-/m0/s1. The lowest BCUT2D eigenvalue weighted by Gasteiger charge is -2.29. The Bertz CT molecular complexity index is 992. The van der Waals surface area contributed by atoms with Crippen molar-refractivity contribution in [2.24, 2.45) is 0 Å². The summed E-state index contributed by atoms with van der Waals surface area (Å²) in [6, 6.07) is 15.7. The summed E-state index contributed by atoms with van der Waals surface area (Å²) < 4.78 is 5.66. The maximum atomic E-state index is 12.9. The Balaban J connectivity index is 1.65. The van der Waals surface area contributed by atoms with Gasteiger partial charge in [-0.1, -0.05) is 75.2 Å². The minimum Gasteiger partial charge on any atom is -0.480 e. The number of nitrogens with zero attached hydrogens (tertiary/aromatic N) is 1. The molecule has 0 spiro atoms. The summed E-state index contributed by atoms with van der Waals surface area (Å²) in [5.74, 6) is -1.37. The minimum absolute atomic E-state index is 0.0414. The van der Waals surface area contributed by atoms with Crippen LogP contribution in [0.3, 0.4) is 0 Å². The monoisotopic (exact) mass is 480 g/mol. The van der Waals surface area contributed by atoms with E-state index >= 15 is 0 Å². The van der Waals surface area contributed by atoms with E-state index in [-0.39, 0.29) is 37.4 Å². The van der Waals surface area contributed by atoms with Gasteiger partial charge in [-0.05, 0) is 42.0 Å². The maximum Gasteiger partial charge on any atom is 0.407 e. The third-order valence-corrected chi connectivity index (χ3v) is 6.74. The van der Waals surface area contributed by atoms with Gasteiger partial charge in [0.05, 0.1) is 0 Å². The number of hydrogen-bond donors (Lipinski definition) is 2. The quantitative estimate of drug-likeness (QED) is 0.436. The van der Waals surface area contributed by atoms with Crippen LogP contribution in [0.2, 0.25) is 0 Å². The summed E-state index contributed by atoms with van der Waals surface area (Å²) >= 11 is 0. The molecule has 1 unspecified atom stereocenters. The van der Waals surface area contributed by atoms with Crippen molar-refractivity contribution in [3.63, 3.8) is 0 Å².